The highest BCUT2D eigenvalue weighted by atomic mass is 16.1. The molecule has 1 aliphatic heterocycles. The molecule has 2 N–H and O–H groups in total. The minimum Gasteiger partial charge on any atom is -0.347 e. The molecule has 24 heavy (non-hydrogen) atoms. The van der Waals surface area contributed by atoms with E-state index in [1.54, 1.807) is 13.1 Å². The largest absolute Gasteiger partial charge is 0.347 e. The first-order valence-electron chi connectivity index (χ1n) is 8.06. The SMILES string of the molecule is C#Cc1cccc(NC(=O)CNC(=NC)N2CC(C)(C)C2(C)C)c1. The van der Waals surface area contributed by atoms with Gasteiger partial charge in [-0.25, -0.2) is 0 Å². The van der Waals surface area contributed by atoms with Gasteiger partial charge in [0.05, 0.1) is 6.54 Å². The third kappa shape index (κ3) is 3.38. The Morgan fingerprint density at radius 1 is 1.38 bits per heavy atom. The maximum absolute atomic E-state index is 12.2. The van der Waals surface area contributed by atoms with Crippen molar-refractivity contribution in [3.8, 4) is 12.3 Å². The Bertz CT molecular complexity index is 698. The fourth-order valence-corrected chi connectivity index (χ4v) is 2.75. The van der Waals surface area contributed by atoms with Crippen LogP contribution < -0.4 is 10.6 Å². The lowest BCUT2D eigenvalue weighted by Crippen LogP contribution is -2.72. The molecular formula is C19H26N4O. The number of anilines is 1. The molecule has 0 unspecified atom stereocenters. The zero-order chi connectivity index (χ0) is 18.0. The summed E-state index contributed by atoms with van der Waals surface area (Å²) in [4.78, 5) is 18.6. The van der Waals surface area contributed by atoms with Crippen LogP contribution in [0.3, 0.4) is 0 Å². The molecule has 0 saturated carbocycles. The van der Waals surface area contributed by atoms with Gasteiger partial charge in [0.2, 0.25) is 5.91 Å². The van der Waals surface area contributed by atoms with Gasteiger partial charge >= 0.3 is 0 Å². The molecule has 0 aromatic heterocycles. The van der Waals surface area contributed by atoms with Crippen LogP contribution in [0, 0.1) is 17.8 Å². The van der Waals surface area contributed by atoms with Gasteiger partial charge in [-0.05, 0) is 32.0 Å². The topological polar surface area (TPSA) is 56.7 Å². The lowest BCUT2D eigenvalue weighted by Gasteiger charge is -2.62. The summed E-state index contributed by atoms with van der Waals surface area (Å²) in [5, 5.41) is 5.97. The molecule has 1 fully saturated rings. The summed E-state index contributed by atoms with van der Waals surface area (Å²) in [6.45, 7) is 9.92. The molecule has 1 aromatic carbocycles. The number of guanidine groups is 1. The fourth-order valence-electron chi connectivity index (χ4n) is 2.75. The van der Waals surface area contributed by atoms with Gasteiger partial charge in [-0.1, -0.05) is 25.8 Å². The van der Waals surface area contributed by atoms with Crippen molar-refractivity contribution in [1.29, 1.82) is 0 Å². The third-order valence-corrected chi connectivity index (χ3v) is 5.07. The molecule has 1 aliphatic rings. The van der Waals surface area contributed by atoms with Crippen molar-refractivity contribution in [3.63, 3.8) is 0 Å². The lowest BCUT2D eigenvalue weighted by atomic mass is 9.65. The van der Waals surface area contributed by atoms with E-state index in [1.165, 1.54) is 0 Å². The van der Waals surface area contributed by atoms with Crippen LogP contribution in [0.1, 0.15) is 33.3 Å². The van der Waals surface area contributed by atoms with Gasteiger partial charge in [0.15, 0.2) is 5.96 Å². The van der Waals surface area contributed by atoms with Gasteiger partial charge in [0.25, 0.3) is 0 Å². The highest BCUT2D eigenvalue weighted by molar-refractivity contribution is 5.95. The number of nitrogens with one attached hydrogen (secondary N) is 2. The molecule has 1 heterocycles. The van der Waals surface area contributed by atoms with E-state index in [-0.39, 0.29) is 23.4 Å². The predicted octanol–water partition coefficient (Wildman–Crippen LogP) is 2.30. The summed E-state index contributed by atoms with van der Waals surface area (Å²) >= 11 is 0. The Labute approximate surface area is 144 Å². The number of carbonyl (C=O) groups excluding carboxylic acids is 1. The van der Waals surface area contributed by atoms with Gasteiger partial charge in [-0.3, -0.25) is 9.79 Å². The summed E-state index contributed by atoms with van der Waals surface area (Å²) < 4.78 is 0. The van der Waals surface area contributed by atoms with E-state index in [0.29, 0.717) is 5.69 Å². The summed E-state index contributed by atoms with van der Waals surface area (Å²) in [6.07, 6.45) is 5.37. The minimum absolute atomic E-state index is 0.00749. The molecule has 0 bridgehead atoms. The van der Waals surface area contributed by atoms with E-state index in [0.717, 1.165) is 18.1 Å². The van der Waals surface area contributed by atoms with E-state index >= 15 is 0 Å². The van der Waals surface area contributed by atoms with E-state index in [9.17, 15) is 4.79 Å². The van der Waals surface area contributed by atoms with Gasteiger partial charge in [0, 0.05) is 35.8 Å². The van der Waals surface area contributed by atoms with Crippen LogP contribution in [-0.2, 0) is 4.79 Å². The number of benzene rings is 1. The third-order valence-electron chi connectivity index (χ3n) is 5.07. The number of carbonyl (C=O) groups is 1. The van der Waals surface area contributed by atoms with Crippen molar-refractivity contribution >= 4 is 17.6 Å². The maximum atomic E-state index is 12.2. The number of amides is 1. The monoisotopic (exact) mass is 326 g/mol. The average Bonchev–Trinajstić information content (AvgIpc) is 2.54. The van der Waals surface area contributed by atoms with E-state index in [2.05, 4.69) is 54.1 Å². The zero-order valence-corrected chi connectivity index (χ0v) is 15.1. The highest BCUT2D eigenvalue weighted by Crippen LogP contribution is 2.46. The number of aliphatic imine (C=N–C) groups is 1. The summed E-state index contributed by atoms with van der Waals surface area (Å²) in [5.41, 5.74) is 1.63. The molecule has 2 rings (SSSR count). The fraction of sp³-hybridized carbons (Fsp3) is 0.474. The Morgan fingerprint density at radius 3 is 2.62 bits per heavy atom. The molecule has 0 spiro atoms. The second-order valence-corrected chi connectivity index (χ2v) is 7.20. The maximum Gasteiger partial charge on any atom is 0.243 e. The molecule has 5 heteroatoms. The summed E-state index contributed by atoms with van der Waals surface area (Å²) in [5.74, 6) is 3.16. The second kappa shape index (κ2) is 6.56. The van der Waals surface area contributed by atoms with E-state index < -0.39 is 0 Å². The minimum atomic E-state index is -0.136. The molecule has 1 aromatic rings. The van der Waals surface area contributed by atoms with E-state index in [1.807, 2.05) is 18.2 Å². The van der Waals surface area contributed by atoms with Crippen LogP contribution in [0.15, 0.2) is 29.3 Å². The van der Waals surface area contributed by atoms with Crippen molar-refractivity contribution in [1.82, 2.24) is 10.2 Å². The smallest absolute Gasteiger partial charge is 0.243 e. The Kier molecular flexibility index (Phi) is 4.88. The zero-order valence-electron chi connectivity index (χ0n) is 15.1. The van der Waals surface area contributed by atoms with Crippen LogP contribution >= 0.6 is 0 Å². The molecule has 1 amide bonds. The molecule has 0 aliphatic carbocycles. The average molecular weight is 326 g/mol. The van der Waals surface area contributed by atoms with E-state index in [4.69, 9.17) is 6.42 Å². The molecule has 128 valence electrons. The van der Waals surface area contributed by atoms with Crippen LogP contribution in [0.4, 0.5) is 5.69 Å². The summed E-state index contributed by atoms with van der Waals surface area (Å²) in [6, 6.07) is 7.23. The number of hydrogen-bond acceptors (Lipinski definition) is 2. The highest BCUT2D eigenvalue weighted by Gasteiger charge is 2.53. The van der Waals surface area contributed by atoms with Gasteiger partial charge < -0.3 is 15.5 Å². The van der Waals surface area contributed by atoms with Crippen molar-refractivity contribution in [2.45, 2.75) is 33.2 Å². The Hall–Kier alpha value is -2.48. The number of rotatable bonds is 3. The first kappa shape index (κ1) is 17.9. The molecule has 0 atom stereocenters. The number of hydrogen-bond donors (Lipinski definition) is 2. The predicted molar refractivity (Wildman–Crippen MR) is 98.9 cm³/mol. The summed E-state index contributed by atoms with van der Waals surface area (Å²) in [7, 11) is 1.73. The van der Waals surface area contributed by atoms with Crippen molar-refractivity contribution in [2.24, 2.45) is 10.4 Å². The van der Waals surface area contributed by atoms with Crippen LogP contribution in [0.5, 0.6) is 0 Å². The van der Waals surface area contributed by atoms with Crippen molar-refractivity contribution in [3.05, 3.63) is 29.8 Å². The van der Waals surface area contributed by atoms with Crippen molar-refractivity contribution in [2.75, 3.05) is 25.5 Å². The number of terminal acetylenes is 1. The number of nitrogens with zero attached hydrogens (tertiary/aromatic N) is 2. The van der Waals surface area contributed by atoms with Crippen LogP contribution in [0.25, 0.3) is 0 Å². The molecule has 1 saturated heterocycles. The normalized spacial score (nSPS) is 18.3. The first-order chi connectivity index (χ1) is 11.2. The Morgan fingerprint density at radius 2 is 2.08 bits per heavy atom. The van der Waals surface area contributed by atoms with Gasteiger partial charge in [-0.2, -0.15) is 0 Å². The Balaban J connectivity index is 1.92. The lowest BCUT2D eigenvalue weighted by molar-refractivity contribution is -0.115. The van der Waals surface area contributed by atoms with Crippen LogP contribution in [0.2, 0.25) is 0 Å². The van der Waals surface area contributed by atoms with Crippen LogP contribution in [-0.4, -0.2) is 42.4 Å². The second-order valence-electron chi connectivity index (χ2n) is 7.20. The number of likely N-dealkylation sites (tertiary alicyclic amines) is 1. The molecule has 0 radical (unpaired) electrons. The van der Waals surface area contributed by atoms with Gasteiger partial charge in [-0.15, -0.1) is 6.42 Å². The standard InChI is InChI=1S/C19H26N4O/c1-7-14-9-8-10-15(11-14)22-16(24)12-21-17(20-6)23-13-18(2,3)19(23,4)5/h1,8-11H,12-13H2,2-6H3,(H,20,21)(H,22,24). The first-order valence-corrected chi connectivity index (χ1v) is 8.06. The molecule has 5 nitrogen and oxygen atoms in total. The van der Waals surface area contributed by atoms with Crippen molar-refractivity contribution < 1.29 is 4.79 Å². The van der Waals surface area contributed by atoms with Gasteiger partial charge in [0.1, 0.15) is 0 Å². The quantitative estimate of drug-likeness (QED) is 0.509. The molecular weight excluding hydrogens is 300 g/mol.